The number of furan rings is 1. The number of nitro groups is 1. The number of hydrogen-bond donors (Lipinski definition) is 1. The van der Waals surface area contributed by atoms with Crippen molar-refractivity contribution in [1.29, 1.82) is 0 Å². The Labute approximate surface area is 102 Å². The first-order chi connectivity index (χ1) is 8.56. The fourth-order valence-electron chi connectivity index (χ4n) is 1.61. The molecule has 1 heterocycles. The van der Waals surface area contributed by atoms with Gasteiger partial charge in [0.25, 0.3) is 0 Å². The lowest BCUT2D eigenvalue weighted by atomic mass is 10.1. The summed E-state index contributed by atoms with van der Waals surface area (Å²) in [6.45, 7) is 0. The molecule has 0 spiro atoms. The first-order valence-electron chi connectivity index (χ1n) is 5.30. The van der Waals surface area contributed by atoms with E-state index in [4.69, 9.17) is 10.2 Å². The van der Waals surface area contributed by atoms with Crippen LogP contribution in [-0.2, 0) is 6.42 Å². The van der Waals surface area contributed by atoms with Gasteiger partial charge in [-0.3, -0.25) is 10.1 Å². The third kappa shape index (κ3) is 2.72. The second kappa shape index (κ2) is 4.97. The summed E-state index contributed by atoms with van der Waals surface area (Å²) in [5, 5.41) is 10.5. The Morgan fingerprint density at radius 2 is 1.94 bits per heavy atom. The van der Waals surface area contributed by atoms with Gasteiger partial charge in [0.15, 0.2) is 0 Å². The monoisotopic (exact) mass is 250 g/mol. The number of rotatable bonds is 4. The summed E-state index contributed by atoms with van der Waals surface area (Å²) in [6.07, 6.45) is 0.422. The van der Waals surface area contributed by atoms with Gasteiger partial charge in [-0.1, -0.05) is 12.1 Å². The molecule has 0 fully saturated rings. The summed E-state index contributed by atoms with van der Waals surface area (Å²) in [5.41, 5.74) is 6.70. The first-order valence-corrected chi connectivity index (χ1v) is 5.30. The summed E-state index contributed by atoms with van der Waals surface area (Å²) in [7, 11) is 0. The molecular formula is C12H11FN2O3. The average molecular weight is 250 g/mol. The molecule has 0 aliphatic rings. The van der Waals surface area contributed by atoms with Crippen molar-refractivity contribution >= 4 is 5.88 Å². The van der Waals surface area contributed by atoms with Gasteiger partial charge in [0.2, 0.25) is 0 Å². The highest BCUT2D eigenvalue weighted by molar-refractivity contribution is 5.23. The molecule has 1 aromatic heterocycles. The molecule has 1 atom stereocenters. The number of nitrogens with zero attached hydrogens (tertiary/aromatic N) is 1. The van der Waals surface area contributed by atoms with Crippen LogP contribution in [0, 0.1) is 15.9 Å². The van der Waals surface area contributed by atoms with E-state index >= 15 is 0 Å². The molecule has 0 aliphatic heterocycles. The molecule has 2 rings (SSSR count). The predicted molar refractivity (Wildman–Crippen MR) is 62.4 cm³/mol. The quantitative estimate of drug-likeness (QED) is 0.667. The number of benzene rings is 1. The van der Waals surface area contributed by atoms with Crippen molar-refractivity contribution in [2.45, 2.75) is 12.5 Å². The van der Waals surface area contributed by atoms with Crippen LogP contribution in [0.5, 0.6) is 0 Å². The highest BCUT2D eigenvalue weighted by Gasteiger charge is 2.17. The van der Waals surface area contributed by atoms with E-state index in [0.29, 0.717) is 12.2 Å². The largest absolute Gasteiger partial charge is 0.433 e. The van der Waals surface area contributed by atoms with Crippen molar-refractivity contribution in [1.82, 2.24) is 0 Å². The fourth-order valence-corrected chi connectivity index (χ4v) is 1.61. The van der Waals surface area contributed by atoms with Crippen molar-refractivity contribution in [2.24, 2.45) is 5.73 Å². The van der Waals surface area contributed by atoms with E-state index in [2.05, 4.69) is 0 Å². The zero-order chi connectivity index (χ0) is 13.1. The molecular weight excluding hydrogens is 239 g/mol. The van der Waals surface area contributed by atoms with Crippen molar-refractivity contribution in [3.8, 4) is 0 Å². The molecule has 0 radical (unpaired) electrons. The zero-order valence-electron chi connectivity index (χ0n) is 9.38. The average Bonchev–Trinajstić information content (AvgIpc) is 2.81. The molecule has 2 aromatic rings. The van der Waals surface area contributed by atoms with Crippen molar-refractivity contribution in [2.75, 3.05) is 0 Å². The summed E-state index contributed by atoms with van der Waals surface area (Å²) in [6, 6.07) is 8.16. The normalized spacial score (nSPS) is 12.3. The number of hydrogen-bond acceptors (Lipinski definition) is 4. The van der Waals surface area contributed by atoms with E-state index < -0.39 is 11.0 Å². The maximum Gasteiger partial charge on any atom is 0.433 e. The van der Waals surface area contributed by atoms with Crippen LogP contribution >= 0.6 is 0 Å². The first kappa shape index (κ1) is 12.3. The molecule has 5 nitrogen and oxygen atoms in total. The molecule has 0 aliphatic carbocycles. The summed E-state index contributed by atoms with van der Waals surface area (Å²) >= 11 is 0. The maximum absolute atomic E-state index is 12.7. The van der Waals surface area contributed by atoms with Crippen molar-refractivity contribution < 1.29 is 13.7 Å². The summed E-state index contributed by atoms with van der Waals surface area (Å²) in [5.74, 6) is -0.313. The van der Waals surface area contributed by atoms with Crippen molar-refractivity contribution in [3.63, 3.8) is 0 Å². The lowest BCUT2D eigenvalue weighted by Gasteiger charge is -2.08. The second-order valence-corrected chi connectivity index (χ2v) is 3.87. The van der Waals surface area contributed by atoms with Gasteiger partial charge in [-0.25, -0.2) is 4.39 Å². The zero-order valence-corrected chi connectivity index (χ0v) is 9.38. The Hall–Kier alpha value is -2.21. The minimum atomic E-state index is -0.617. The highest BCUT2D eigenvalue weighted by atomic mass is 19.1. The predicted octanol–water partition coefficient (Wildman–Crippen LogP) is 2.57. The molecule has 1 aromatic carbocycles. The molecule has 18 heavy (non-hydrogen) atoms. The van der Waals surface area contributed by atoms with Crippen LogP contribution in [0.1, 0.15) is 17.4 Å². The van der Waals surface area contributed by atoms with E-state index in [-0.39, 0.29) is 11.7 Å². The second-order valence-electron chi connectivity index (χ2n) is 3.87. The van der Waals surface area contributed by atoms with Crippen LogP contribution in [0.25, 0.3) is 0 Å². The molecule has 6 heteroatoms. The van der Waals surface area contributed by atoms with Gasteiger partial charge in [0.1, 0.15) is 16.5 Å². The standard InChI is InChI=1S/C12H11FN2O3/c13-9-3-1-8(2-4-9)7-10(14)11-5-6-12(18-11)15(16)17/h1-6,10H,7,14H2. The Kier molecular flexibility index (Phi) is 3.38. The SMILES string of the molecule is NC(Cc1ccc(F)cc1)c1ccc([N+](=O)[O-])o1. The van der Waals surface area contributed by atoms with Crippen molar-refractivity contribution in [3.05, 3.63) is 63.7 Å². The number of halogens is 1. The van der Waals surface area contributed by atoms with E-state index in [1.165, 1.54) is 24.3 Å². The molecule has 0 bridgehead atoms. The lowest BCUT2D eigenvalue weighted by molar-refractivity contribution is -0.402. The van der Waals surface area contributed by atoms with Gasteiger partial charge in [0.05, 0.1) is 12.1 Å². The third-order valence-corrected chi connectivity index (χ3v) is 2.53. The minimum Gasteiger partial charge on any atom is -0.404 e. The van der Waals surface area contributed by atoms with Crippen LogP contribution in [0.2, 0.25) is 0 Å². The van der Waals surface area contributed by atoms with Gasteiger partial charge >= 0.3 is 5.88 Å². The molecule has 0 saturated heterocycles. The molecule has 0 saturated carbocycles. The van der Waals surface area contributed by atoms with E-state index in [0.717, 1.165) is 5.56 Å². The summed E-state index contributed by atoms with van der Waals surface area (Å²) in [4.78, 5) is 9.85. The van der Waals surface area contributed by atoms with Crippen LogP contribution in [0.4, 0.5) is 10.3 Å². The van der Waals surface area contributed by atoms with Crippen LogP contribution in [-0.4, -0.2) is 4.92 Å². The fraction of sp³-hybridized carbons (Fsp3) is 0.167. The number of nitrogens with two attached hydrogens (primary N) is 1. The van der Waals surface area contributed by atoms with Gasteiger partial charge in [-0.15, -0.1) is 0 Å². The van der Waals surface area contributed by atoms with Gasteiger partial charge in [-0.05, 0) is 30.2 Å². The van der Waals surface area contributed by atoms with Crippen LogP contribution < -0.4 is 5.73 Å². The van der Waals surface area contributed by atoms with E-state index in [9.17, 15) is 14.5 Å². The minimum absolute atomic E-state index is 0.319. The molecule has 1 unspecified atom stereocenters. The Balaban J connectivity index is 2.09. The Bertz CT molecular complexity index is 551. The van der Waals surface area contributed by atoms with Crippen LogP contribution in [0.3, 0.4) is 0 Å². The smallest absolute Gasteiger partial charge is 0.404 e. The van der Waals surface area contributed by atoms with Gasteiger partial charge in [0, 0.05) is 0 Å². The molecule has 94 valence electrons. The lowest BCUT2D eigenvalue weighted by Crippen LogP contribution is -2.12. The Morgan fingerprint density at radius 3 is 2.50 bits per heavy atom. The van der Waals surface area contributed by atoms with E-state index in [1.807, 2.05) is 0 Å². The Morgan fingerprint density at radius 1 is 1.28 bits per heavy atom. The molecule has 2 N–H and O–H groups in total. The highest BCUT2D eigenvalue weighted by Crippen LogP contribution is 2.22. The van der Waals surface area contributed by atoms with E-state index in [1.54, 1.807) is 12.1 Å². The maximum atomic E-state index is 12.7. The van der Waals surface area contributed by atoms with Gasteiger partial charge < -0.3 is 10.2 Å². The summed E-state index contributed by atoms with van der Waals surface area (Å²) < 4.78 is 17.7. The molecule has 0 amide bonds. The topological polar surface area (TPSA) is 82.3 Å². The van der Waals surface area contributed by atoms with Crippen LogP contribution in [0.15, 0.2) is 40.8 Å². The van der Waals surface area contributed by atoms with Gasteiger partial charge in [-0.2, -0.15) is 0 Å². The third-order valence-electron chi connectivity index (χ3n) is 2.53.